The van der Waals surface area contributed by atoms with Gasteiger partial charge in [-0.3, -0.25) is 9.59 Å². The van der Waals surface area contributed by atoms with Crippen molar-refractivity contribution < 1.29 is 18.0 Å². The standard InChI is InChI=1S/C19H30N4O4S/c1-19(2,3)21-18(25)15-8-6-7-9-16(15)20-17(24)14-10-12-23(13-11-14)28(26,27)22(4)5/h6-9,14H,10-13H2,1-5H3,(H,20,24)(H,21,25). The Labute approximate surface area is 167 Å². The predicted molar refractivity (Wildman–Crippen MR) is 109 cm³/mol. The molecule has 0 aromatic heterocycles. The van der Waals surface area contributed by atoms with Gasteiger partial charge in [0.25, 0.3) is 16.1 Å². The van der Waals surface area contributed by atoms with E-state index < -0.39 is 10.2 Å². The van der Waals surface area contributed by atoms with E-state index in [2.05, 4.69) is 10.6 Å². The zero-order chi connectivity index (χ0) is 21.1. The molecule has 156 valence electrons. The Kier molecular flexibility index (Phi) is 6.84. The van der Waals surface area contributed by atoms with E-state index in [4.69, 9.17) is 0 Å². The van der Waals surface area contributed by atoms with Crippen LogP contribution in [0.5, 0.6) is 0 Å². The molecule has 1 heterocycles. The van der Waals surface area contributed by atoms with Crippen molar-refractivity contribution in [1.29, 1.82) is 0 Å². The summed E-state index contributed by atoms with van der Waals surface area (Å²) in [6, 6.07) is 6.87. The first kappa shape index (κ1) is 22.3. The van der Waals surface area contributed by atoms with E-state index in [1.807, 2.05) is 20.8 Å². The number of nitrogens with zero attached hydrogens (tertiary/aromatic N) is 2. The monoisotopic (exact) mass is 410 g/mol. The maximum atomic E-state index is 12.7. The second kappa shape index (κ2) is 8.59. The van der Waals surface area contributed by atoms with Gasteiger partial charge in [0.2, 0.25) is 5.91 Å². The molecule has 0 bridgehead atoms. The van der Waals surface area contributed by atoms with Gasteiger partial charge < -0.3 is 10.6 Å². The van der Waals surface area contributed by atoms with E-state index >= 15 is 0 Å². The van der Waals surface area contributed by atoms with Gasteiger partial charge >= 0.3 is 0 Å². The lowest BCUT2D eigenvalue weighted by Gasteiger charge is -2.32. The second-order valence-electron chi connectivity index (χ2n) is 8.20. The van der Waals surface area contributed by atoms with Crippen molar-refractivity contribution in [1.82, 2.24) is 13.9 Å². The van der Waals surface area contributed by atoms with Crippen LogP contribution in [0.4, 0.5) is 5.69 Å². The molecular weight excluding hydrogens is 380 g/mol. The van der Waals surface area contributed by atoms with Gasteiger partial charge in [-0.15, -0.1) is 0 Å². The Morgan fingerprint density at radius 3 is 2.21 bits per heavy atom. The van der Waals surface area contributed by atoms with Gasteiger partial charge in [-0.05, 0) is 45.7 Å². The molecule has 0 unspecified atom stereocenters. The molecule has 1 aromatic carbocycles. The Balaban J connectivity index is 2.04. The third kappa shape index (κ3) is 5.52. The number of anilines is 1. The summed E-state index contributed by atoms with van der Waals surface area (Å²) in [5.41, 5.74) is 0.467. The van der Waals surface area contributed by atoms with Gasteiger partial charge in [-0.25, -0.2) is 0 Å². The summed E-state index contributed by atoms with van der Waals surface area (Å²) in [6.07, 6.45) is 0.879. The lowest BCUT2D eigenvalue weighted by atomic mass is 9.97. The number of para-hydroxylation sites is 1. The normalized spacial score (nSPS) is 16.8. The maximum Gasteiger partial charge on any atom is 0.281 e. The van der Waals surface area contributed by atoms with Crippen molar-refractivity contribution in [2.24, 2.45) is 5.92 Å². The highest BCUT2D eigenvalue weighted by Crippen LogP contribution is 2.23. The predicted octanol–water partition coefficient (Wildman–Crippen LogP) is 1.67. The minimum absolute atomic E-state index is 0.196. The van der Waals surface area contributed by atoms with E-state index in [0.717, 1.165) is 0 Å². The Morgan fingerprint density at radius 1 is 1.11 bits per heavy atom. The molecule has 0 atom stereocenters. The van der Waals surface area contributed by atoms with Crippen molar-refractivity contribution in [2.75, 3.05) is 32.5 Å². The topological polar surface area (TPSA) is 98.8 Å². The summed E-state index contributed by atoms with van der Waals surface area (Å²) in [6.45, 7) is 6.26. The molecule has 2 rings (SSSR count). The van der Waals surface area contributed by atoms with Gasteiger partial charge in [0, 0.05) is 38.6 Å². The van der Waals surface area contributed by atoms with Gasteiger partial charge in [0.1, 0.15) is 0 Å². The third-order valence-electron chi connectivity index (χ3n) is 4.53. The highest BCUT2D eigenvalue weighted by molar-refractivity contribution is 7.86. The van der Waals surface area contributed by atoms with E-state index in [1.165, 1.54) is 22.7 Å². The van der Waals surface area contributed by atoms with Crippen molar-refractivity contribution in [3.63, 3.8) is 0 Å². The number of hydrogen-bond acceptors (Lipinski definition) is 4. The quantitative estimate of drug-likeness (QED) is 0.771. The van der Waals surface area contributed by atoms with Crippen LogP contribution in [-0.4, -0.2) is 61.6 Å². The van der Waals surface area contributed by atoms with E-state index in [9.17, 15) is 18.0 Å². The number of carbonyl (C=O) groups is 2. The number of benzene rings is 1. The fourth-order valence-corrected chi connectivity index (χ4v) is 4.15. The van der Waals surface area contributed by atoms with Crippen LogP contribution < -0.4 is 10.6 Å². The van der Waals surface area contributed by atoms with Crippen LogP contribution in [0.1, 0.15) is 44.0 Å². The smallest absolute Gasteiger partial charge is 0.281 e. The summed E-state index contributed by atoms with van der Waals surface area (Å²) in [4.78, 5) is 25.2. The van der Waals surface area contributed by atoms with Crippen molar-refractivity contribution in [2.45, 2.75) is 39.2 Å². The Bertz CT molecular complexity index is 823. The summed E-state index contributed by atoms with van der Waals surface area (Å²) >= 11 is 0. The molecule has 8 nitrogen and oxygen atoms in total. The van der Waals surface area contributed by atoms with Crippen LogP contribution in [0.2, 0.25) is 0 Å². The molecule has 1 aliphatic heterocycles. The van der Waals surface area contributed by atoms with Crippen molar-refractivity contribution >= 4 is 27.7 Å². The highest BCUT2D eigenvalue weighted by atomic mass is 32.2. The van der Waals surface area contributed by atoms with Crippen LogP contribution in [0.3, 0.4) is 0 Å². The first-order valence-corrected chi connectivity index (χ1v) is 10.7. The first-order valence-electron chi connectivity index (χ1n) is 9.32. The molecule has 0 radical (unpaired) electrons. The molecule has 1 fully saturated rings. The molecule has 0 aliphatic carbocycles. The number of nitrogens with one attached hydrogen (secondary N) is 2. The fraction of sp³-hybridized carbons (Fsp3) is 0.579. The third-order valence-corrected chi connectivity index (χ3v) is 6.47. The lowest BCUT2D eigenvalue weighted by Crippen LogP contribution is -2.46. The zero-order valence-electron chi connectivity index (χ0n) is 17.2. The molecule has 9 heteroatoms. The van der Waals surface area contributed by atoms with Crippen LogP contribution >= 0.6 is 0 Å². The van der Waals surface area contributed by atoms with Crippen molar-refractivity contribution in [3.8, 4) is 0 Å². The minimum atomic E-state index is -3.46. The average molecular weight is 411 g/mol. The van der Waals surface area contributed by atoms with E-state index in [1.54, 1.807) is 24.3 Å². The molecular formula is C19H30N4O4S. The summed E-state index contributed by atoms with van der Waals surface area (Å²) in [5.74, 6) is -0.749. The molecule has 0 saturated carbocycles. The van der Waals surface area contributed by atoms with Gasteiger partial charge in [0.15, 0.2) is 0 Å². The molecule has 1 aromatic rings. The number of carbonyl (C=O) groups excluding carboxylic acids is 2. The summed E-state index contributed by atoms with van der Waals surface area (Å²) < 4.78 is 27.0. The number of piperidine rings is 1. The Hall–Kier alpha value is -1.97. The number of hydrogen-bond donors (Lipinski definition) is 2. The molecule has 2 N–H and O–H groups in total. The molecule has 2 amide bonds. The number of amides is 2. The second-order valence-corrected chi connectivity index (χ2v) is 10.3. The van der Waals surface area contributed by atoms with Crippen LogP contribution in [0.15, 0.2) is 24.3 Å². The molecule has 1 aliphatic rings. The minimum Gasteiger partial charge on any atom is -0.347 e. The maximum absolute atomic E-state index is 12.7. The SMILES string of the molecule is CN(C)S(=O)(=O)N1CCC(C(=O)Nc2ccccc2C(=O)NC(C)(C)C)CC1. The highest BCUT2D eigenvalue weighted by Gasteiger charge is 2.32. The fourth-order valence-electron chi connectivity index (χ4n) is 3.01. The zero-order valence-corrected chi connectivity index (χ0v) is 18.0. The molecule has 0 spiro atoms. The van der Waals surface area contributed by atoms with Crippen LogP contribution in [-0.2, 0) is 15.0 Å². The average Bonchev–Trinajstić information content (AvgIpc) is 2.60. The van der Waals surface area contributed by atoms with Crippen LogP contribution in [0, 0.1) is 5.92 Å². The van der Waals surface area contributed by atoms with Crippen LogP contribution in [0.25, 0.3) is 0 Å². The van der Waals surface area contributed by atoms with Crippen molar-refractivity contribution in [3.05, 3.63) is 29.8 Å². The van der Waals surface area contributed by atoms with Gasteiger partial charge in [0.05, 0.1) is 11.3 Å². The molecule has 1 saturated heterocycles. The summed E-state index contributed by atoms with van der Waals surface area (Å²) in [5, 5.41) is 5.74. The van der Waals surface area contributed by atoms with E-state index in [-0.39, 0.29) is 23.3 Å². The van der Waals surface area contributed by atoms with Gasteiger partial charge in [-0.2, -0.15) is 17.0 Å². The summed E-state index contributed by atoms with van der Waals surface area (Å²) in [7, 11) is -0.474. The number of rotatable bonds is 5. The lowest BCUT2D eigenvalue weighted by molar-refractivity contribution is -0.120. The molecule has 28 heavy (non-hydrogen) atoms. The first-order chi connectivity index (χ1) is 12.9. The van der Waals surface area contributed by atoms with Gasteiger partial charge in [-0.1, -0.05) is 12.1 Å². The largest absolute Gasteiger partial charge is 0.347 e. The van der Waals surface area contributed by atoms with E-state index in [0.29, 0.717) is 37.2 Å². The Morgan fingerprint density at radius 2 is 1.68 bits per heavy atom.